The third-order valence-electron chi connectivity index (χ3n) is 3.77. The van der Waals surface area contributed by atoms with Crippen molar-refractivity contribution in [2.75, 3.05) is 19.0 Å². The number of nitrogens with zero attached hydrogens (tertiary/aromatic N) is 1. The van der Waals surface area contributed by atoms with Crippen LogP contribution >= 0.6 is 0 Å². The minimum Gasteiger partial charge on any atom is -0.481 e. The van der Waals surface area contributed by atoms with Crippen LogP contribution in [0.5, 0.6) is 5.88 Å². The Hall–Kier alpha value is -1.25. The van der Waals surface area contributed by atoms with Gasteiger partial charge in [-0.3, -0.25) is 0 Å². The topological polar surface area (TPSA) is 34.1 Å². The number of pyridine rings is 1. The number of rotatable bonds is 4. The normalized spacial score (nSPS) is 24.4. The molecule has 1 heterocycles. The van der Waals surface area contributed by atoms with Crippen molar-refractivity contribution in [2.45, 2.75) is 32.6 Å². The van der Waals surface area contributed by atoms with Gasteiger partial charge in [0, 0.05) is 12.6 Å². The summed E-state index contributed by atoms with van der Waals surface area (Å²) in [7, 11) is 1.65. The smallest absolute Gasteiger partial charge is 0.214 e. The van der Waals surface area contributed by atoms with Crippen LogP contribution in [-0.4, -0.2) is 18.6 Å². The predicted octanol–water partition coefficient (Wildman–Crippen LogP) is 3.33. The van der Waals surface area contributed by atoms with Gasteiger partial charge < -0.3 is 10.1 Å². The van der Waals surface area contributed by atoms with E-state index in [1.54, 1.807) is 7.11 Å². The lowest BCUT2D eigenvalue weighted by molar-refractivity contribution is 0.268. The fourth-order valence-corrected chi connectivity index (χ4v) is 2.56. The minimum absolute atomic E-state index is 0.673. The summed E-state index contributed by atoms with van der Waals surface area (Å²) >= 11 is 0. The van der Waals surface area contributed by atoms with Crippen LogP contribution in [0.4, 0.5) is 5.82 Å². The molecule has 0 saturated heterocycles. The van der Waals surface area contributed by atoms with Crippen molar-refractivity contribution in [1.29, 1.82) is 0 Å². The highest BCUT2D eigenvalue weighted by molar-refractivity contribution is 5.37. The SMILES string of the molecule is COc1cccc(NCC2CCCCC2C)n1. The van der Waals surface area contributed by atoms with Crippen molar-refractivity contribution < 1.29 is 4.74 Å². The summed E-state index contributed by atoms with van der Waals surface area (Å²) in [6.45, 7) is 3.39. The molecule has 0 bridgehead atoms. The van der Waals surface area contributed by atoms with E-state index in [0.29, 0.717) is 5.88 Å². The van der Waals surface area contributed by atoms with Gasteiger partial charge in [0.1, 0.15) is 5.82 Å². The molecular weight excluding hydrogens is 212 g/mol. The highest BCUT2D eigenvalue weighted by atomic mass is 16.5. The van der Waals surface area contributed by atoms with Crippen LogP contribution in [0.15, 0.2) is 18.2 Å². The molecule has 1 saturated carbocycles. The fraction of sp³-hybridized carbons (Fsp3) is 0.643. The van der Waals surface area contributed by atoms with Crippen molar-refractivity contribution in [3.63, 3.8) is 0 Å². The molecule has 1 N–H and O–H groups in total. The molecule has 2 atom stereocenters. The summed E-state index contributed by atoms with van der Waals surface area (Å²) in [6, 6.07) is 5.84. The Morgan fingerprint density at radius 2 is 2.18 bits per heavy atom. The highest BCUT2D eigenvalue weighted by Gasteiger charge is 2.20. The molecule has 3 heteroatoms. The number of ether oxygens (including phenoxy) is 1. The van der Waals surface area contributed by atoms with Gasteiger partial charge in [0.2, 0.25) is 5.88 Å². The first-order valence-corrected chi connectivity index (χ1v) is 6.54. The Morgan fingerprint density at radius 3 is 2.94 bits per heavy atom. The van der Waals surface area contributed by atoms with Crippen LogP contribution < -0.4 is 10.1 Å². The van der Waals surface area contributed by atoms with Gasteiger partial charge in [0.15, 0.2) is 0 Å². The summed E-state index contributed by atoms with van der Waals surface area (Å²) in [5.41, 5.74) is 0. The Morgan fingerprint density at radius 1 is 1.35 bits per heavy atom. The average Bonchev–Trinajstić information content (AvgIpc) is 2.38. The average molecular weight is 234 g/mol. The molecule has 1 fully saturated rings. The molecule has 1 aromatic heterocycles. The van der Waals surface area contributed by atoms with E-state index in [1.807, 2.05) is 18.2 Å². The molecule has 2 rings (SSSR count). The lowest BCUT2D eigenvalue weighted by Gasteiger charge is -2.28. The number of anilines is 1. The summed E-state index contributed by atoms with van der Waals surface area (Å²) in [4.78, 5) is 4.37. The van der Waals surface area contributed by atoms with Gasteiger partial charge >= 0.3 is 0 Å². The number of nitrogens with one attached hydrogen (secondary N) is 1. The molecule has 0 radical (unpaired) electrons. The van der Waals surface area contributed by atoms with Crippen LogP contribution in [0.1, 0.15) is 32.6 Å². The minimum atomic E-state index is 0.673. The van der Waals surface area contributed by atoms with Crippen LogP contribution in [0.3, 0.4) is 0 Å². The summed E-state index contributed by atoms with van der Waals surface area (Å²) in [6.07, 6.45) is 5.49. The largest absolute Gasteiger partial charge is 0.481 e. The Balaban J connectivity index is 1.88. The van der Waals surface area contributed by atoms with E-state index in [4.69, 9.17) is 4.74 Å². The molecule has 1 aliphatic rings. The summed E-state index contributed by atoms with van der Waals surface area (Å²) in [5.74, 6) is 3.22. The number of hydrogen-bond acceptors (Lipinski definition) is 3. The first-order chi connectivity index (χ1) is 8.29. The second-order valence-electron chi connectivity index (χ2n) is 4.97. The molecule has 0 amide bonds. The molecule has 0 aromatic carbocycles. The molecule has 3 nitrogen and oxygen atoms in total. The molecule has 17 heavy (non-hydrogen) atoms. The van der Waals surface area contributed by atoms with Gasteiger partial charge in [-0.05, 0) is 24.3 Å². The second kappa shape index (κ2) is 5.89. The van der Waals surface area contributed by atoms with Gasteiger partial charge in [0.05, 0.1) is 7.11 Å². The molecule has 2 unspecified atom stereocenters. The monoisotopic (exact) mass is 234 g/mol. The van der Waals surface area contributed by atoms with E-state index < -0.39 is 0 Å². The second-order valence-corrected chi connectivity index (χ2v) is 4.97. The van der Waals surface area contributed by atoms with Crippen LogP contribution in [0, 0.1) is 11.8 Å². The van der Waals surface area contributed by atoms with Gasteiger partial charge in [0.25, 0.3) is 0 Å². The number of methoxy groups -OCH3 is 1. The Labute approximate surface area is 104 Å². The van der Waals surface area contributed by atoms with Crippen LogP contribution in [-0.2, 0) is 0 Å². The fourth-order valence-electron chi connectivity index (χ4n) is 2.56. The zero-order valence-corrected chi connectivity index (χ0v) is 10.8. The van der Waals surface area contributed by atoms with Gasteiger partial charge in [-0.25, -0.2) is 0 Å². The summed E-state index contributed by atoms with van der Waals surface area (Å²) < 4.78 is 5.12. The van der Waals surface area contributed by atoms with E-state index in [-0.39, 0.29) is 0 Å². The molecule has 0 spiro atoms. The Kier molecular flexibility index (Phi) is 4.24. The molecule has 1 aromatic rings. The van der Waals surface area contributed by atoms with E-state index in [1.165, 1.54) is 25.7 Å². The third-order valence-corrected chi connectivity index (χ3v) is 3.77. The first kappa shape index (κ1) is 12.2. The van der Waals surface area contributed by atoms with E-state index >= 15 is 0 Å². The maximum Gasteiger partial charge on any atom is 0.214 e. The van der Waals surface area contributed by atoms with Gasteiger partial charge in [-0.2, -0.15) is 4.98 Å². The number of aromatic nitrogens is 1. The van der Waals surface area contributed by atoms with Crippen molar-refractivity contribution in [3.8, 4) is 5.88 Å². The molecular formula is C14H22N2O. The maximum atomic E-state index is 5.12. The van der Waals surface area contributed by atoms with E-state index in [2.05, 4.69) is 17.2 Å². The lowest BCUT2D eigenvalue weighted by atomic mass is 9.80. The molecule has 1 aliphatic carbocycles. The van der Waals surface area contributed by atoms with Crippen LogP contribution in [0.25, 0.3) is 0 Å². The lowest BCUT2D eigenvalue weighted by Crippen LogP contribution is -2.24. The van der Waals surface area contributed by atoms with Crippen LogP contribution in [0.2, 0.25) is 0 Å². The molecule has 94 valence electrons. The quantitative estimate of drug-likeness (QED) is 0.867. The third kappa shape index (κ3) is 3.35. The zero-order valence-electron chi connectivity index (χ0n) is 10.8. The standard InChI is InChI=1S/C14H22N2O/c1-11-6-3-4-7-12(11)10-15-13-8-5-9-14(16-13)17-2/h5,8-9,11-12H,3-4,6-7,10H2,1-2H3,(H,15,16). The molecule has 0 aliphatic heterocycles. The van der Waals surface area contributed by atoms with Gasteiger partial charge in [-0.15, -0.1) is 0 Å². The predicted molar refractivity (Wildman–Crippen MR) is 70.4 cm³/mol. The van der Waals surface area contributed by atoms with E-state index in [0.717, 1.165) is 24.2 Å². The van der Waals surface area contributed by atoms with E-state index in [9.17, 15) is 0 Å². The van der Waals surface area contributed by atoms with Crippen molar-refractivity contribution in [1.82, 2.24) is 4.98 Å². The Bertz CT molecular complexity index is 354. The summed E-state index contributed by atoms with van der Waals surface area (Å²) in [5, 5.41) is 3.43. The van der Waals surface area contributed by atoms with Crippen molar-refractivity contribution in [3.05, 3.63) is 18.2 Å². The highest BCUT2D eigenvalue weighted by Crippen LogP contribution is 2.29. The van der Waals surface area contributed by atoms with Gasteiger partial charge in [-0.1, -0.05) is 32.3 Å². The zero-order chi connectivity index (χ0) is 12.1. The number of hydrogen-bond donors (Lipinski definition) is 1. The first-order valence-electron chi connectivity index (χ1n) is 6.54. The van der Waals surface area contributed by atoms with Crippen molar-refractivity contribution >= 4 is 5.82 Å². The maximum absolute atomic E-state index is 5.12. The van der Waals surface area contributed by atoms with Crippen molar-refractivity contribution in [2.24, 2.45) is 11.8 Å².